The Morgan fingerprint density at radius 2 is 1.62 bits per heavy atom. The van der Waals surface area contributed by atoms with Gasteiger partial charge in [-0.3, -0.25) is 4.79 Å². The Morgan fingerprint density at radius 1 is 1.00 bits per heavy atom. The Labute approximate surface area is 80.9 Å². The minimum atomic E-state index is 0.423. The van der Waals surface area contributed by atoms with E-state index in [2.05, 4.69) is 0 Å². The molecule has 0 aromatic heterocycles. The van der Waals surface area contributed by atoms with E-state index in [-0.39, 0.29) is 0 Å². The summed E-state index contributed by atoms with van der Waals surface area (Å²) in [5, 5.41) is 0. The molecule has 0 saturated heterocycles. The summed E-state index contributed by atoms with van der Waals surface area (Å²) in [6.45, 7) is 1.75. The molecular weight excluding hydrogens is 160 g/mol. The summed E-state index contributed by atoms with van der Waals surface area (Å²) >= 11 is 0. The van der Waals surface area contributed by atoms with Gasteiger partial charge in [-0.1, -0.05) is 32.1 Å². The van der Waals surface area contributed by atoms with Crippen LogP contribution in [0.25, 0.3) is 0 Å². The molecule has 0 radical (unpaired) electrons. The Bertz CT molecular complexity index is 185. The second kappa shape index (κ2) is 3.81. The number of hydrogen-bond acceptors (Lipinski definition) is 1. The van der Waals surface area contributed by atoms with Gasteiger partial charge >= 0.3 is 0 Å². The molecule has 0 aromatic carbocycles. The Balaban J connectivity index is 1.75. The fraction of sp³-hybridized carbons (Fsp3) is 0.917. The van der Waals surface area contributed by atoms with E-state index in [1.807, 2.05) is 0 Å². The highest BCUT2D eigenvalue weighted by molar-refractivity contribution is 5.79. The Hall–Kier alpha value is -0.330. The van der Waals surface area contributed by atoms with Crippen molar-refractivity contribution in [3.8, 4) is 0 Å². The van der Waals surface area contributed by atoms with Gasteiger partial charge in [-0.15, -0.1) is 0 Å². The second-order valence-electron chi connectivity index (χ2n) is 4.94. The van der Waals surface area contributed by atoms with Crippen LogP contribution in [-0.2, 0) is 4.79 Å². The van der Waals surface area contributed by atoms with Crippen molar-refractivity contribution in [2.45, 2.75) is 51.9 Å². The van der Waals surface area contributed by atoms with E-state index in [4.69, 9.17) is 0 Å². The smallest absolute Gasteiger partial charge is 0.132 e. The average Bonchev–Trinajstić information content (AvgIpc) is 2.02. The van der Waals surface area contributed by atoms with Crippen molar-refractivity contribution < 1.29 is 4.79 Å². The van der Waals surface area contributed by atoms with E-state index in [9.17, 15) is 4.79 Å². The first-order valence-electron chi connectivity index (χ1n) is 5.78. The second-order valence-corrected chi connectivity index (χ2v) is 4.94. The maximum absolute atomic E-state index is 11.1. The van der Waals surface area contributed by atoms with Crippen LogP contribution in [0.5, 0.6) is 0 Å². The van der Waals surface area contributed by atoms with Crippen LogP contribution in [0.4, 0.5) is 0 Å². The van der Waals surface area contributed by atoms with E-state index in [0.29, 0.717) is 11.7 Å². The molecule has 2 rings (SSSR count). The predicted octanol–water partition coefficient (Wildman–Crippen LogP) is 3.18. The third-order valence-electron chi connectivity index (χ3n) is 4.07. The van der Waals surface area contributed by atoms with Crippen LogP contribution < -0.4 is 0 Å². The highest BCUT2D eigenvalue weighted by atomic mass is 16.1. The largest absolute Gasteiger partial charge is 0.300 e. The zero-order valence-corrected chi connectivity index (χ0v) is 8.59. The number of ketones is 1. The summed E-state index contributed by atoms with van der Waals surface area (Å²) in [5.74, 6) is 2.75. The monoisotopic (exact) mass is 180 g/mol. The van der Waals surface area contributed by atoms with Gasteiger partial charge in [0.25, 0.3) is 0 Å². The minimum Gasteiger partial charge on any atom is -0.300 e. The van der Waals surface area contributed by atoms with Gasteiger partial charge in [0, 0.05) is 5.92 Å². The van der Waals surface area contributed by atoms with Crippen molar-refractivity contribution in [1.29, 1.82) is 0 Å². The van der Waals surface area contributed by atoms with E-state index >= 15 is 0 Å². The van der Waals surface area contributed by atoms with Gasteiger partial charge in [-0.25, -0.2) is 0 Å². The summed E-state index contributed by atoms with van der Waals surface area (Å²) in [7, 11) is 0. The molecule has 2 aliphatic rings. The molecule has 74 valence electrons. The molecule has 0 N–H and O–H groups in total. The summed E-state index contributed by atoms with van der Waals surface area (Å²) in [4.78, 5) is 11.1. The molecule has 0 aliphatic heterocycles. The van der Waals surface area contributed by atoms with E-state index in [1.165, 1.54) is 44.9 Å². The summed E-state index contributed by atoms with van der Waals surface area (Å²) in [6.07, 6.45) is 9.61. The van der Waals surface area contributed by atoms with Gasteiger partial charge in [-0.2, -0.15) is 0 Å². The minimum absolute atomic E-state index is 0.423. The van der Waals surface area contributed by atoms with Crippen LogP contribution in [0.3, 0.4) is 0 Å². The third-order valence-corrected chi connectivity index (χ3v) is 4.07. The molecular formula is C12H20O. The molecule has 1 heteroatoms. The van der Waals surface area contributed by atoms with Crippen LogP contribution in [0.15, 0.2) is 0 Å². The number of Topliss-reactive ketones (excluding diaryl/α,β-unsaturated/α-hetero) is 1. The van der Waals surface area contributed by atoms with Crippen LogP contribution in [0.1, 0.15) is 51.9 Å². The molecule has 0 atom stereocenters. The fourth-order valence-electron chi connectivity index (χ4n) is 2.98. The topological polar surface area (TPSA) is 17.1 Å². The maximum atomic E-state index is 11.1. The molecule has 13 heavy (non-hydrogen) atoms. The number of hydrogen-bond donors (Lipinski definition) is 0. The van der Waals surface area contributed by atoms with Gasteiger partial charge in [0.15, 0.2) is 0 Å². The maximum Gasteiger partial charge on any atom is 0.132 e. The van der Waals surface area contributed by atoms with Crippen LogP contribution in [-0.4, -0.2) is 5.78 Å². The summed E-state index contributed by atoms with van der Waals surface area (Å²) in [5.41, 5.74) is 0. The summed E-state index contributed by atoms with van der Waals surface area (Å²) < 4.78 is 0. The standard InChI is InChI=1S/C12H20O/c1-9(13)11-7-12(8-11)10-5-3-2-4-6-10/h10-12H,2-8H2,1H3. The highest BCUT2D eigenvalue weighted by Gasteiger charge is 2.37. The first-order valence-corrected chi connectivity index (χ1v) is 5.78. The highest BCUT2D eigenvalue weighted by Crippen LogP contribution is 2.44. The van der Waals surface area contributed by atoms with Crippen molar-refractivity contribution >= 4 is 5.78 Å². The van der Waals surface area contributed by atoms with Crippen LogP contribution in [0.2, 0.25) is 0 Å². The van der Waals surface area contributed by atoms with E-state index in [1.54, 1.807) is 6.92 Å². The van der Waals surface area contributed by atoms with Crippen molar-refractivity contribution in [3.63, 3.8) is 0 Å². The zero-order chi connectivity index (χ0) is 9.26. The lowest BCUT2D eigenvalue weighted by Crippen LogP contribution is -2.34. The molecule has 2 aliphatic carbocycles. The molecule has 1 nitrogen and oxygen atoms in total. The SMILES string of the molecule is CC(=O)C1CC(C2CCCCC2)C1. The normalized spacial score (nSPS) is 35.5. The van der Waals surface area contributed by atoms with Crippen LogP contribution >= 0.6 is 0 Å². The zero-order valence-electron chi connectivity index (χ0n) is 8.59. The first kappa shape index (κ1) is 9.23. The molecule has 2 saturated carbocycles. The van der Waals surface area contributed by atoms with Crippen molar-refractivity contribution in [2.24, 2.45) is 17.8 Å². The van der Waals surface area contributed by atoms with Gasteiger partial charge < -0.3 is 0 Å². The molecule has 0 aromatic rings. The average molecular weight is 180 g/mol. The number of rotatable bonds is 2. The van der Waals surface area contributed by atoms with Crippen molar-refractivity contribution in [3.05, 3.63) is 0 Å². The molecule has 0 unspecified atom stereocenters. The predicted molar refractivity (Wildman–Crippen MR) is 53.5 cm³/mol. The van der Waals surface area contributed by atoms with Gasteiger partial charge in [0.2, 0.25) is 0 Å². The van der Waals surface area contributed by atoms with Crippen molar-refractivity contribution in [1.82, 2.24) is 0 Å². The number of carbonyl (C=O) groups is 1. The molecule has 0 heterocycles. The molecule has 2 fully saturated rings. The molecule has 0 spiro atoms. The molecule has 0 amide bonds. The first-order chi connectivity index (χ1) is 6.27. The fourth-order valence-corrected chi connectivity index (χ4v) is 2.98. The van der Waals surface area contributed by atoms with Crippen LogP contribution in [0, 0.1) is 17.8 Å². The summed E-state index contributed by atoms with van der Waals surface area (Å²) in [6, 6.07) is 0. The number of carbonyl (C=O) groups excluding carboxylic acids is 1. The van der Waals surface area contributed by atoms with Gasteiger partial charge in [-0.05, 0) is 31.6 Å². The lowest BCUT2D eigenvalue weighted by molar-refractivity contribution is -0.125. The lowest BCUT2D eigenvalue weighted by Gasteiger charge is -2.41. The van der Waals surface area contributed by atoms with E-state index < -0.39 is 0 Å². The molecule has 0 bridgehead atoms. The third kappa shape index (κ3) is 1.95. The Morgan fingerprint density at radius 3 is 2.15 bits per heavy atom. The van der Waals surface area contributed by atoms with Crippen molar-refractivity contribution in [2.75, 3.05) is 0 Å². The quantitative estimate of drug-likeness (QED) is 0.638. The lowest BCUT2D eigenvalue weighted by atomic mass is 9.64. The Kier molecular flexibility index (Phi) is 2.71. The van der Waals surface area contributed by atoms with Gasteiger partial charge in [0.1, 0.15) is 5.78 Å². The van der Waals surface area contributed by atoms with E-state index in [0.717, 1.165) is 11.8 Å². The van der Waals surface area contributed by atoms with Gasteiger partial charge in [0.05, 0.1) is 0 Å².